The first-order valence-corrected chi connectivity index (χ1v) is 7.26. The SMILES string of the molecule is CCN(CC)C1(C(=O)O)CCCc2ccc(OC)cc21. The highest BCUT2D eigenvalue weighted by atomic mass is 16.5. The molecular weight excluding hydrogens is 254 g/mol. The first kappa shape index (κ1) is 14.9. The Labute approximate surface area is 120 Å². The minimum atomic E-state index is -0.911. The van der Waals surface area contributed by atoms with E-state index in [0.29, 0.717) is 6.42 Å². The van der Waals surface area contributed by atoms with E-state index in [0.717, 1.165) is 42.8 Å². The fourth-order valence-electron chi connectivity index (χ4n) is 3.40. The molecule has 1 aromatic carbocycles. The van der Waals surface area contributed by atoms with Crippen molar-refractivity contribution in [1.82, 2.24) is 4.90 Å². The molecule has 1 unspecified atom stereocenters. The molecule has 0 bridgehead atoms. The van der Waals surface area contributed by atoms with Crippen LogP contribution in [0.15, 0.2) is 18.2 Å². The van der Waals surface area contributed by atoms with Crippen LogP contribution in [0.25, 0.3) is 0 Å². The molecule has 0 saturated carbocycles. The quantitative estimate of drug-likeness (QED) is 0.899. The van der Waals surface area contributed by atoms with Gasteiger partial charge in [0.2, 0.25) is 0 Å². The van der Waals surface area contributed by atoms with E-state index >= 15 is 0 Å². The molecule has 1 aliphatic rings. The number of rotatable bonds is 5. The Balaban J connectivity index is 2.63. The topological polar surface area (TPSA) is 49.8 Å². The Morgan fingerprint density at radius 2 is 2.10 bits per heavy atom. The van der Waals surface area contributed by atoms with Gasteiger partial charge in [-0.15, -0.1) is 0 Å². The molecule has 0 fully saturated rings. The van der Waals surface area contributed by atoms with Gasteiger partial charge in [0.25, 0.3) is 0 Å². The summed E-state index contributed by atoms with van der Waals surface area (Å²) in [5.41, 5.74) is 1.12. The van der Waals surface area contributed by atoms with Crippen LogP contribution in [-0.4, -0.2) is 36.2 Å². The Hall–Kier alpha value is -1.55. The molecule has 0 aliphatic heterocycles. The Morgan fingerprint density at radius 3 is 2.65 bits per heavy atom. The molecule has 0 spiro atoms. The highest BCUT2D eigenvalue weighted by Crippen LogP contribution is 2.41. The van der Waals surface area contributed by atoms with Gasteiger partial charge in [-0.2, -0.15) is 0 Å². The van der Waals surface area contributed by atoms with Crippen molar-refractivity contribution in [3.63, 3.8) is 0 Å². The number of aryl methyl sites for hydroxylation is 1. The molecular formula is C16H23NO3. The predicted octanol–water partition coefficient (Wildman–Crippen LogP) is 2.65. The van der Waals surface area contributed by atoms with E-state index in [2.05, 4.69) is 0 Å². The largest absolute Gasteiger partial charge is 0.497 e. The van der Waals surface area contributed by atoms with Crippen molar-refractivity contribution in [2.75, 3.05) is 20.2 Å². The standard InChI is InChI=1S/C16H23NO3/c1-4-17(5-2)16(15(18)19)10-6-7-12-8-9-13(20-3)11-14(12)16/h8-9,11H,4-7,10H2,1-3H3,(H,18,19). The first-order valence-electron chi connectivity index (χ1n) is 7.26. The summed E-state index contributed by atoms with van der Waals surface area (Å²) in [5, 5.41) is 9.95. The Morgan fingerprint density at radius 1 is 1.40 bits per heavy atom. The number of likely N-dealkylation sites (N-methyl/N-ethyl adjacent to an activating group) is 1. The van der Waals surface area contributed by atoms with Crippen molar-refractivity contribution in [3.8, 4) is 5.75 Å². The number of nitrogens with zero attached hydrogens (tertiary/aromatic N) is 1. The number of benzene rings is 1. The molecule has 2 rings (SSSR count). The number of fused-ring (bicyclic) bond motifs is 1. The second-order valence-corrected chi connectivity index (χ2v) is 5.21. The number of methoxy groups -OCH3 is 1. The minimum absolute atomic E-state index is 0.657. The van der Waals surface area contributed by atoms with Crippen LogP contribution in [0.3, 0.4) is 0 Å². The number of carbonyl (C=O) groups is 1. The number of ether oxygens (including phenoxy) is 1. The average Bonchev–Trinajstić information content (AvgIpc) is 2.47. The second kappa shape index (κ2) is 5.83. The number of hydrogen-bond acceptors (Lipinski definition) is 3. The van der Waals surface area contributed by atoms with Gasteiger partial charge in [0.05, 0.1) is 7.11 Å². The van der Waals surface area contributed by atoms with E-state index in [-0.39, 0.29) is 0 Å². The molecule has 1 aliphatic carbocycles. The van der Waals surface area contributed by atoms with Gasteiger partial charge < -0.3 is 9.84 Å². The molecule has 4 heteroatoms. The van der Waals surface area contributed by atoms with Crippen molar-refractivity contribution >= 4 is 5.97 Å². The molecule has 0 aromatic heterocycles. The lowest BCUT2D eigenvalue weighted by Crippen LogP contribution is -2.53. The van der Waals surface area contributed by atoms with Gasteiger partial charge >= 0.3 is 5.97 Å². The monoisotopic (exact) mass is 277 g/mol. The summed E-state index contributed by atoms with van der Waals surface area (Å²) in [6.07, 6.45) is 2.50. The zero-order valence-electron chi connectivity index (χ0n) is 12.5. The third-order valence-electron chi connectivity index (χ3n) is 4.40. The average molecular weight is 277 g/mol. The highest BCUT2D eigenvalue weighted by molar-refractivity contribution is 5.82. The third kappa shape index (κ3) is 2.18. The molecule has 20 heavy (non-hydrogen) atoms. The third-order valence-corrected chi connectivity index (χ3v) is 4.40. The minimum Gasteiger partial charge on any atom is -0.497 e. The first-order chi connectivity index (χ1) is 9.59. The van der Waals surface area contributed by atoms with Crippen LogP contribution >= 0.6 is 0 Å². The molecule has 0 heterocycles. The smallest absolute Gasteiger partial charge is 0.328 e. The maximum Gasteiger partial charge on any atom is 0.328 e. The van der Waals surface area contributed by atoms with Gasteiger partial charge in [-0.05, 0) is 55.6 Å². The van der Waals surface area contributed by atoms with Gasteiger partial charge in [0, 0.05) is 0 Å². The molecule has 0 radical (unpaired) electrons. The second-order valence-electron chi connectivity index (χ2n) is 5.21. The zero-order valence-corrected chi connectivity index (χ0v) is 12.5. The Kier molecular flexibility index (Phi) is 4.33. The molecule has 1 aromatic rings. The van der Waals surface area contributed by atoms with Crippen molar-refractivity contribution < 1.29 is 14.6 Å². The Bertz CT molecular complexity index is 496. The zero-order chi connectivity index (χ0) is 14.8. The van der Waals surface area contributed by atoms with Crippen molar-refractivity contribution in [2.24, 2.45) is 0 Å². The normalized spacial score (nSPS) is 21.6. The van der Waals surface area contributed by atoms with Crippen molar-refractivity contribution in [2.45, 2.75) is 38.6 Å². The highest BCUT2D eigenvalue weighted by Gasteiger charge is 2.47. The number of carboxylic acid groups (broad SMARTS) is 1. The molecule has 4 nitrogen and oxygen atoms in total. The van der Waals surface area contributed by atoms with E-state index in [1.54, 1.807) is 7.11 Å². The summed E-state index contributed by atoms with van der Waals surface area (Å²) in [6, 6.07) is 5.83. The van der Waals surface area contributed by atoms with Gasteiger partial charge in [0.1, 0.15) is 11.3 Å². The molecule has 0 amide bonds. The van der Waals surface area contributed by atoms with Crippen LogP contribution < -0.4 is 4.74 Å². The lowest BCUT2D eigenvalue weighted by atomic mass is 9.75. The summed E-state index contributed by atoms with van der Waals surface area (Å²) < 4.78 is 5.29. The predicted molar refractivity (Wildman–Crippen MR) is 78.2 cm³/mol. The van der Waals surface area contributed by atoms with Crippen LogP contribution in [0.4, 0.5) is 0 Å². The van der Waals surface area contributed by atoms with Crippen LogP contribution in [0, 0.1) is 0 Å². The van der Waals surface area contributed by atoms with Crippen LogP contribution in [-0.2, 0) is 16.8 Å². The summed E-state index contributed by atoms with van der Waals surface area (Å²) in [7, 11) is 1.62. The maximum atomic E-state index is 12.1. The van der Waals surface area contributed by atoms with Crippen molar-refractivity contribution in [3.05, 3.63) is 29.3 Å². The van der Waals surface area contributed by atoms with Crippen LogP contribution in [0.2, 0.25) is 0 Å². The fraction of sp³-hybridized carbons (Fsp3) is 0.562. The molecule has 1 atom stereocenters. The fourth-order valence-corrected chi connectivity index (χ4v) is 3.40. The van der Waals surface area contributed by atoms with Crippen LogP contribution in [0.5, 0.6) is 5.75 Å². The van der Waals surface area contributed by atoms with Gasteiger partial charge in [-0.1, -0.05) is 19.9 Å². The summed E-state index contributed by atoms with van der Waals surface area (Å²) in [6.45, 7) is 5.48. The number of hydrogen-bond donors (Lipinski definition) is 1. The lowest BCUT2D eigenvalue weighted by molar-refractivity contribution is -0.153. The lowest BCUT2D eigenvalue weighted by Gasteiger charge is -2.43. The summed E-state index contributed by atoms with van der Waals surface area (Å²) in [5.74, 6) is -0.0289. The molecule has 0 saturated heterocycles. The van der Waals surface area contributed by atoms with E-state index in [1.165, 1.54) is 0 Å². The van der Waals surface area contributed by atoms with E-state index in [4.69, 9.17) is 4.74 Å². The van der Waals surface area contributed by atoms with E-state index < -0.39 is 11.5 Å². The van der Waals surface area contributed by atoms with Gasteiger partial charge in [0.15, 0.2) is 0 Å². The molecule has 110 valence electrons. The van der Waals surface area contributed by atoms with Gasteiger partial charge in [-0.25, -0.2) is 4.79 Å². The van der Waals surface area contributed by atoms with E-state index in [1.807, 2.05) is 36.9 Å². The summed E-state index contributed by atoms with van der Waals surface area (Å²) >= 11 is 0. The van der Waals surface area contributed by atoms with E-state index in [9.17, 15) is 9.90 Å². The summed E-state index contributed by atoms with van der Waals surface area (Å²) in [4.78, 5) is 14.2. The molecule has 1 N–H and O–H groups in total. The van der Waals surface area contributed by atoms with Gasteiger partial charge in [-0.3, -0.25) is 4.90 Å². The maximum absolute atomic E-state index is 12.1. The van der Waals surface area contributed by atoms with Crippen molar-refractivity contribution in [1.29, 1.82) is 0 Å². The van der Waals surface area contributed by atoms with Crippen LogP contribution in [0.1, 0.15) is 37.8 Å². The number of carboxylic acids is 1. The number of aliphatic carboxylic acids is 1.